The number of pyridine rings is 1. The topological polar surface area (TPSA) is 146 Å². The molecule has 5 fully saturated rings. The van der Waals surface area contributed by atoms with Gasteiger partial charge in [-0.05, 0) is 105 Å². The Kier molecular flexibility index (Phi) is 16.3. The standard InChI is InChI=1S/C43H63FN8O5.C5H12N2/c1-6-52-38-11-10-32(48(20-21-56-44)15-12-39(37(45)26-53)51-27-43(28-51)13-7-14-43)22-34(38)36(24-42(3,4)29-57-47-54)41(52)35-23-33(25-46-40(35)30(2)55-5)50-18-16-49(17-19-50)31-8-9-31;1-7-5-3-2-4-6-7/h10-11,22-23,25-26,30-31,37,39H,6-9,12-21,24,27-29,45H2,1-5H3;6H,2-5H2,1H3. The van der Waals surface area contributed by atoms with Gasteiger partial charge < -0.3 is 34.5 Å². The van der Waals surface area contributed by atoms with Gasteiger partial charge in [0, 0.05) is 126 Å². The molecule has 1 aromatic carbocycles. The first-order chi connectivity index (χ1) is 30.9. The molecule has 3 N–H and O–H groups in total. The van der Waals surface area contributed by atoms with Crippen molar-refractivity contribution < 1.29 is 23.8 Å². The summed E-state index contributed by atoms with van der Waals surface area (Å²) in [4.78, 5) is 47.1. The fourth-order valence-corrected chi connectivity index (χ4v) is 10.6. The Hall–Kier alpha value is -3.77. The second-order valence-corrected chi connectivity index (χ2v) is 19.9. The number of hydrogen-bond donors (Lipinski definition) is 2. The van der Waals surface area contributed by atoms with Gasteiger partial charge in [0.2, 0.25) is 0 Å². The number of carbonyl (C=O) groups is 1. The van der Waals surface area contributed by atoms with Crippen LogP contribution in [0.4, 0.5) is 15.9 Å². The van der Waals surface area contributed by atoms with E-state index in [2.05, 4.69) is 97.0 Å². The summed E-state index contributed by atoms with van der Waals surface area (Å²) in [5, 5.41) is 5.94. The normalized spacial score (nSPS) is 20.8. The number of hydrogen-bond acceptors (Lipinski definition) is 14. The van der Waals surface area contributed by atoms with E-state index in [9.17, 15) is 14.2 Å². The Labute approximate surface area is 379 Å². The van der Waals surface area contributed by atoms with E-state index >= 15 is 0 Å². The number of nitrogens with one attached hydrogen (secondary N) is 1. The van der Waals surface area contributed by atoms with Gasteiger partial charge in [-0.2, -0.15) is 4.94 Å². The van der Waals surface area contributed by atoms with E-state index in [0.29, 0.717) is 37.9 Å². The molecule has 0 bridgehead atoms. The van der Waals surface area contributed by atoms with Crippen molar-refractivity contribution in [2.75, 3.05) is 103 Å². The molecule has 64 heavy (non-hydrogen) atoms. The molecule has 3 unspecified atom stereocenters. The quantitative estimate of drug-likeness (QED) is 0.0668. The van der Waals surface area contributed by atoms with Crippen molar-refractivity contribution in [2.45, 2.75) is 116 Å². The Morgan fingerprint density at radius 3 is 2.44 bits per heavy atom. The lowest BCUT2D eigenvalue weighted by atomic mass is 9.63. The monoisotopic (exact) mass is 891 g/mol. The largest absolute Gasteiger partial charge is 0.375 e. The molecule has 3 atom stereocenters. The number of rotatable bonds is 21. The lowest BCUT2D eigenvalue weighted by molar-refractivity contribution is -0.128. The molecule has 2 aromatic heterocycles. The maximum Gasteiger partial charge on any atom is 0.155 e. The minimum Gasteiger partial charge on any atom is -0.375 e. The van der Waals surface area contributed by atoms with Crippen molar-refractivity contribution in [2.24, 2.45) is 21.9 Å². The molecule has 3 saturated heterocycles. The molecule has 354 valence electrons. The van der Waals surface area contributed by atoms with Crippen LogP contribution < -0.4 is 21.0 Å². The van der Waals surface area contributed by atoms with E-state index in [1.54, 1.807) is 7.11 Å². The van der Waals surface area contributed by atoms with Gasteiger partial charge in [-0.1, -0.05) is 20.3 Å². The molecule has 8 rings (SSSR count). The van der Waals surface area contributed by atoms with Crippen LogP contribution in [0.5, 0.6) is 0 Å². The smallest absolute Gasteiger partial charge is 0.155 e. The van der Waals surface area contributed by atoms with Gasteiger partial charge >= 0.3 is 0 Å². The van der Waals surface area contributed by atoms with Gasteiger partial charge in [-0.25, -0.2) is 5.01 Å². The zero-order chi connectivity index (χ0) is 45.4. The van der Waals surface area contributed by atoms with Gasteiger partial charge in [0.15, 0.2) is 5.34 Å². The summed E-state index contributed by atoms with van der Waals surface area (Å²) in [5.41, 5.74) is 16.7. The molecule has 2 aliphatic carbocycles. The number of nitrogens with two attached hydrogens (primary N) is 1. The number of aryl methyl sites for hydroxylation is 1. The first-order valence-electron chi connectivity index (χ1n) is 23.9. The van der Waals surface area contributed by atoms with E-state index in [1.807, 2.05) is 13.1 Å². The Morgan fingerprint density at radius 1 is 1.09 bits per heavy atom. The van der Waals surface area contributed by atoms with Crippen molar-refractivity contribution >= 4 is 28.6 Å². The average molecular weight is 891 g/mol. The summed E-state index contributed by atoms with van der Waals surface area (Å²) < 4.78 is 21.7. The number of likely N-dealkylation sites (tertiary alicyclic amines) is 1. The highest BCUT2D eigenvalue weighted by molar-refractivity contribution is 5.95. The predicted octanol–water partition coefficient (Wildman–Crippen LogP) is 6.68. The van der Waals surface area contributed by atoms with E-state index in [1.165, 1.54) is 51.5 Å². The van der Waals surface area contributed by atoms with Crippen LogP contribution in [0.25, 0.3) is 22.2 Å². The van der Waals surface area contributed by atoms with Gasteiger partial charge in [-0.15, -0.1) is 4.91 Å². The van der Waals surface area contributed by atoms with Crippen molar-refractivity contribution in [3.05, 3.63) is 46.6 Å². The van der Waals surface area contributed by atoms with Gasteiger partial charge in [0.25, 0.3) is 0 Å². The van der Waals surface area contributed by atoms with Crippen LogP contribution in [0.3, 0.4) is 0 Å². The fraction of sp³-hybridized carbons (Fsp3) is 0.708. The predicted molar refractivity (Wildman–Crippen MR) is 252 cm³/mol. The lowest BCUT2D eigenvalue weighted by Gasteiger charge is -2.59. The number of aromatic nitrogens is 2. The highest BCUT2D eigenvalue weighted by Crippen LogP contribution is 2.49. The maximum atomic E-state index is 13.4. The molecule has 16 heteroatoms. The molecule has 2 saturated carbocycles. The minimum atomic E-state index is -0.600. The van der Waals surface area contributed by atoms with E-state index in [-0.39, 0.29) is 25.4 Å². The van der Waals surface area contributed by atoms with Crippen LogP contribution >= 0.6 is 0 Å². The SMILES string of the molecule is CCn1c(-c2cc(N3CCN(C4CC4)CC3)cnc2C(C)OC)c(CC(C)(C)CON=O)c2cc(N(CCOF)CCC(C(N)C=O)N3CC4(CCC4)C3)ccc21.CN1CCCCN1. The summed E-state index contributed by atoms with van der Waals surface area (Å²) in [6.45, 7) is 18.3. The number of hydrazine groups is 1. The van der Waals surface area contributed by atoms with Crippen molar-refractivity contribution in [1.29, 1.82) is 0 Å². The van der Waals surface area contributed by atoms with Crippen LogP contribution in [-0.4, -0.2) is 142 Å². The van der Waals surface area contributed by atoms with Crippen molar-refractivity contribution in [3.63, 3.8) is 0 Å². The number of anilines is 2. The van der Waals surface area contributed by atoms with Crippen LogP contribution in [0, 0.1) is 15.7 Å². The fourth-order valence-electron chi connectivity index (χ4n) is 10.6. The Morgan fingerprint density at radius 2 is 1.86 bits per heavy atom. The number of ether oxygens (including phenoxy) is 1. The summed E-state index contributed by atoms with van der Waals surface area (Å²) in [6, 6.07) is 8.78. The third kappa shape index (κ3) is 11.2. The molecule has 3 aliphatic heterocycles. The van der Waals surface area contributed by atoms with Crippen LogP contribution in [0.1, 0.15) is 96.4 Å². The minimum absolute atomic E-state index is 0.0977. The molecule has 3 aromatic rings. The van der Waals surface area contributed by atoms with Gasteiger partial charge in [-0.3, -0.25) is 20.2 Å². The van der Waals surface area contributed by atoms with Crippen LogP contribution in [0.2, 0.25) is 0 Å². The summed E-state index contributed by atoms with van der Waals surface area (Å²) in [5.74, 6) is 0. The second kappa shape index (κ2) is 21.7. The van der Waals surface area contributed by atoms with E-state index < -0.39 is 11.5 Å². The highest BCUT2D eigenvalue weighted by Gasteiger charge is 2.50. The Balaban J connectivity index is 0.000000798. The molecule has 5 heterocycles. The number of methoxy groups -OCH3 is 1. The number of fused-ring (bicyclic) bond motifs is 1. The van der Waals surface area contributed by atoms with Gasteiger partial charge in [0.05, 0.1) is 35.4 Å². The van der Waals surface area contributed by atoms with Crippen molar-refractivity contribution in [3.8, 4) is 11.3 Å². The first kappa shape index (κ1) is 48.2. The van der Waals surface area contributed by atoms with Crippen LogP contribution in [-0.2, 0) is 32.3 Å². The van der Waals surface area contributed by atoms with Gasteiger partial charge in [0.1, 0.15) is 19.5 Å². The number of halogens is 1. The lowest BCUT2D eigenvalue weighted by Crippen LogP contribution is -2.66. The van der Waals surface area contributed by atoms with Crippen LogP contribution in [0.15, 0.2) is 35.8 Å². The van der Waals surface area contributed by atoms with E-state index in [4.69, 9.17) is 20.3 Å². The summed E-state index contributed by atoms with van der Waals surface area (Å²) in [7, 11) is 3.80. The second-order valence-electron chi connectivity index (χ2n) is 19.9. The van der Waals surface area contributed by atoms with E-state index in [0.717, 1.165) is 103 Å². The number of carbonyl (C=O) groups excluding carboxylic acids is 1. The highest BCUT2D eigenvalue weighted by atomic mass is 19.3. The maximum absolute atomic E-state index is 13.4. The Bertz CT molecular complexity index is 1990. The third-order valence-electron chi connectivity index (χ3n) is 14.6. The summed E-state index contributed by atoms with van der Waals surface area (Å²) >= 11 is 0. The molecule has 1 spiro atoms. The molecular weight excluding hydrogens is 816 g/mol. The number of benzene rings is 1. The number of aldehydes is 1. The first-order valence-corrected chi connectivity index (χ1v) is 23.9. The summed E-state index contributed by atoms with van der Waals surface area (Å²) in [6.07, 6.45) is 12.9. The van der Waals surface area contributed by atoms with Crippen molar-refractivity contribution in [1.82, 2.24) is 29.8 Å². The molecule has 15 nitrogen and oxygen atoms in total. The molecule has 0 amide bonds. The molecule has 5 aliphatic rings. The molecular formula is C48H75FN10O5. The number of nitrogens with zero attached hydrogens (tertiary/aromatic N) is 8. The molecule has 0 radical (unpaired) electrons. The zero-order valence-corrected chi connectivity index (χ0v) is 39.4. The zero-order valence-electron chi connectivity index (χ0n) is 39.4. The third-order valence-corrected chi connectivity index (χ3v) is 14.6. The average Bonchev–Trinajstić information content (AvgIpc) is 4.09. The number of piperazine rings is 1.